The number of carbonyl (C=O) groups is 1. The number of guanidine groups is 1. The molecule has 29 heavy (non-hydrogen) atoms. The van der Waals surface area contributed by atoms with E-state index in [1.165, 1.54) is 0 Å². The molecule has 7 nitrogen and oxygen atoms in total. The first-order valence-electron chi connectivity index (χ1n) is 9.83. The minimum atomic E-state index is -0.140. The lowest BCUT2D eigenvalue weighted by Crippen LogP contribution is -2.41. The van der Waals surface area contributed by atoms with E-state index in [-0.39, 0.29) is 5.91 Å². The highest BCUT2D eigenvalue weighted by molar-refractivity contribution is 5.94. The van der Waals surface area contributed by atoms with Gasteiger partial charge in [0.05, 0.1) is 20.3 Å². The van der Waals surface area contributed by atoms with Gasteiger partial charge in [-0.25, -0.2) is 4.99 Å². The average Bonchev–Trinajstić information content (AvgIpc) is 2.75. The molecule has 0 aliphatic rings. The molecule has 0 aliphatic heterocycles. The van der Waals surface area contributed by atoms with Gasteiger partial charge in [0.15, 0.2) is 5.96 Å². The van der Waals surface area contributed by atoms with Crippen molar-refractivity contribution in [2.24, 2.45) is 4.99 Å². The van der Waals surface area contributed by atoms with Crippen LogP contribution in [0.4, 0.5) is 0 Å². The summed E-state index contributed by atoms with van der Waals surface area (Å²) in [5.41, 5.74) is 1.59. The number of nitrogens with one attached hydrogen (secondary N) is 3. The topological polar surface area (TPSA) is 84.0 Å². The fourth-order valence-corrected chi connectivity index (χ4v) is 2.66. The molecule has 2 aromatic carbocycles. The van der Waals surface area contributed by atoms with E-state index >= 15 is 0 Å². The summed E-state index contributed by atoms with van der Waals surface area (Å²) in [6.07, 6.45) is 0. The summed E-state index contributed by atoms with van der Waals surface area (Å²) in [5, 5.41) is 9.33. The van der Waals surface area contributed by atoms with Crippen molar-refractivity contribution in [2.75, 3.05) is 33.4 Å². The van der Waals surface area contributed by atoms with Gasteiger partial charge in [-0.3, -0.25) is 4.79 Å². The standard InChI is InChI=1S/C22H30N4O3/c1-4-23-22(26-16-18-9-6-7-12-20(18)29-5-2)25-14-13-24-21(27)17-10-8-11-19(15-17)28-3/h6-12,15H,4-5,13-14,16H2,1-3H3,(H,24,27)(H2,23,25,26). The maximum atomic E-state index is 12.2. The number of hydrogen-bond donors (Lipinski definition) is 3. The Kier molecular flexibility index (Phi) is 9.35. The van der Waals surface area contributed by atoms with E-state index < -0.39 is 0 Å². The van der Waals surface area contributed by atoms with Crippen molar-refractivity contribution < 1.29 is 14.3 Å². The van der Waals surface area contributed by atoms with Gasteiger partial charge >= 0.3 is 0 Å². The molecule has 0 atom stereocenters. The predicted molar refractivity (Wildman–Crippen MR) is 116 cm³/mol. The molecule has 0 aliphatic carbocycles. The summed E-state index contributed by atoms with van der Waals surface area (Å²) in [5.74, 6) is 2.05. The second-order valence-electron chi connectivity index (χ2n) is 6.15. The maximum absolute atomic E-state index is 12.2. The molecule has 0 bridgehead atoms. The maximum Gasteiger partial charge on any atom is 0.251 e. The van der Waals surface area contributed by atoms with Gasteiger partial charge in [0.1, 0.15) is 11.5 Å². The highest BCUT2D eigenvalue weighted by Gasteiger charge is 2.06. The summed E-state index contributed by atoms with van der Waals surface area (Å²) in [6, 6.07) is 14.9. The zero-order valence-electron chi connectivity index (χ0n) is 17.3. The summed E-state index contributed by atoms with van der Waals surface area (Å²) >= 11 is 0. The highest BCUT2D eigenvalue weighted by atomic mass is 16.5. The smallest absolute Gasteiger partial charge is 0.251 e. The number of amides is 1. The van der Waals surface area contributed by atoms with Crippen LogP contribution >= 0.6 is 0 Å². The normalized spacial score (nSPS) is 10.9. The lowest BCUT2D eigenvalue weighted by atomic mass is 10.2. The Bertz CT molecular complexity index is 808. The van der Waals surface area contributed by atoms with Gasteiger partial charge in [-0.2, -0.15) is 0 Å². The molecule has 0 aromatic heterocycles. The molecule has 2 rings (SSSR count). The minimum Gasteiger partial charge on any atom is -0.497 e. The van der Waals surface area contributed by atoms with Crippen molar-refractivity contribution in [2.45, 2.75) is 20.4 Å². The Hall–Kier alpha value is -3.22. The van der Waals surface area contributed by atoms with Gasteiger partial charge in [0.25, 0.3) is 5.91 Å². The molecular weight excluding hydrogens is 368 g/mol. The number of ether oxygens (including phenoxy) is 2. The lowest BCUT2D eigenvalue weighted by molar-refractivity contribution is 0.0954. The van der Waals surface area contributed by atoms with Crippen LogP contribution in [0, 0.1) is 0 Å². The van der Waals surface area contributed by atoms with Gasteiger partial charge in [-0.1, -0.05) is 24.3 Å². The molecule has 0 fully saturated rings. The third-order valence-corrected chi connectivity index (χ3v) is 4.06. The number of para-hydroxylation sites is 1. The third kappa shape index (κ3) is 7.37. The number of hydrogen-bond acceptors (Lipinski definition) is 4. The molecule has 2 aromatic rings. The van der Waals surface area contributed by atoms with Crippen LogP contribution in [0.3, 0.4) is 0 Å². The van der Waals surface area contributed by atoms with Gasteiger partial charge < -0.3 is 25.4 Å². The Balaban J connectivity index is 1.86. The first kappa shape index (κ1) is 22.1. The van der Waals surface area contributed by atoms with Crippen LogP contribution in [0.15, 0.2) is 53.5 Å². The first-order valence-corrected chi connectivity index (χ1v) is 9.83. The van der Waals surface area contributed by atoms with E-state index in [1.54, 1.807) is 31.4 Å². The number of benzene rings is 2. The molecule has 0 radical (unpaired) electrons. The van der Waals surface area contributed by atoms with E-state index in [9.17, 15) is 4.79 Å². The Morgan fingerprint density at radius 3 is 2.55 bits per heavy atom. The van der Waals surface area contributed by atoms with Gasteiger partial charge in [0, 0.05) is 30.8 Å². The van der Waals surface area contributed by atoms with Crippen LogP contribution in [0.25, 0.3) is 0 Å². The summed E-state index contributed by atoms with van der Waals surface area (Å²) in [7, 11) is 1.58. The van der Waals surface area contributed by atoms with E-state index in [1.807, 2.05) is 38.1 Å². The summed E-state index contributed by atoms with van der Waals surface area (Å²) < 4.78 is 10.8. The average molecular weight is 399 g/mol. The summed E-state index contributed by atoms with van der Waals surface area (Å²) in [6.45, 7) is 6.86. The fourth-order valence-electron chi connectivity index (χ4n) is 2.66. The molecular formula is C22H30N4O3. The molecule has 0 saturated carbocycles. The quantitative estimate of drug-likeness (QED) is 0.325. The van der Waals surface area contributed by atoms with Crippen LogP contribution in [0.5, 0.6) is 11.5 Å². The van der Waals surface area contributed by atoms with Crippen LogP contribution in [0.2, 0.25) is 0 Å². The van der Waals surface area contributed by atoms with Crippen molar-refractivity contribution >= 4 is 11.9 Å². The largest absolute Gasteiger partial charge is 0.497 e. The van der Waals surface area contributed by atoms with Crippen molar-refractivity contribution in [3.63, 3.8) is 0 Å². The summed E-state index contributed by atoms with van der Waals surface area (Å²) in [4.78, 5) is 16.8. The third-order valence-electron chi connectivity index (χ3n) is 4.06. The predicted octanol–water partition coefficient (Wildman–Crippen LogP) is 2.58. The van der Waals surface area contributed by atoms with E-state index in [2.05, 4.69) is 20.9 Å². The number of nitrogens with zero attached hydrogens (tertiary/aromatic N) is 1. The van der Waals surface area contributed by atoms with Crippen LogP contribution in [-0.4, -0.2) is 45.2 Å². The zero-order valence-corrected chi connectivity index (χ0v) is 17.3. The van der Waals surface area contributed by atoms with Crippen molar-refractivity contribution in [1.82, 2.24) is 16.0 Å². The van der Waals surface area contributed by atoms with E-state index in [0.717, 1.165) is 17.9 Å². The molecule has 0 saturated heterocycles. The molecule has 0 unspecified atom stereocenters. The van der Waals surface area contributed by atoms with Gasteiger partial charge in [0.2, 0.25) is 0 Å². The van der Waals surface area contributed by atoms with Crippen molar-refractivity contribution in [1.29, 1.82) is 0 Å². The number of aliphatic imine (C=N–C) groups is 1. The van der Waals surface area contributed by atoms with Crippen molar-refractivity contribution in [3.8, 4) is 11.5 Å². The second-order valence-corrected chi connectivity index (χ2v) is 6.15. The first-order chi connectivity index (χ1) is 14.2. The zero-order chi connectivity index (χ0) is 20.9. The van der Waals surface area contributed by atoms with Crippen LogP contribution in [0.1, 0.15) is 29.8 Å². The van der Waals surface area contributed by atoms with E-state index in [4.69, 9.17) is 9.47 Å². The monoisotopic (exact) mass is 398 g/mol. The molecule has 156 valence electrons. The molecule has 3 N–H and O–H groups in total. The van der Waals surface area contributed by atoms with Crippen molar-refractivity contribution in [3.05, 3.63) is 59.7 Å². The molecule has 0 spiro atoms. The van der Waals surface area contributed by atoms with Crippen LogP contribution < -0.4 is 25.4 Å². The number of carbonyl (C=O) groups excluding carboxylic acids is 1. The molecule has 1 amide bonds. The molecule has 7 heteroatoms. The number of methoxy groups -OCH3 is 1. The van der Waals surface area contributed by atoms with Gasteiger partial charge in [-0.05, 0) is 38.1 Å². The molecule has 0 heterocycles. The lowest BCUT2D eigenvalue weighted by Gasteiger charge is -2.13. The highest BCUT2D eigenvalue weighted by Crippen LogP contribution is 2.18. The number of rotatable bonds is 10. The Morgan fingerprint density at radius 2 is 1.79 bits per heavy atom. The van der Waals surface area contributed by atoms with Crippen LogP contribution in [-0.2, 0) is 6.54 Å². The fraction of sp³-hybridized carbons (Fsp3) is 0.364. The van der Waals surface area contributed by atoms with E-state index in [0.29, 0.717) is 43.5 Å². The Labute approximate surface area is 172 Å². The Morgan fingerprint density at radius 1 is 1.00 bits per heavy atom. The minimum absolute atomic E-state index is 0.140. The van der Waals surface area contributed by atoms with Gasteiger partial charge in [-0.15, -0.1) is 0 Å². The SMILES string of the molecule is CCNC(=NCc1ccccc1OCC)NCCNC(=O)c1cccc(OC)c1. The second kappa shape index (κ2) is 12.3.